The van der Waals surface area contributed by atoms with Gasteiger partial charge in [0, 0.05) is 29.1 Å². The first-order valence-corrected chi connectivity index (χ1v) is 8.62. The average Bonchev–Trinajstić information content (AvgIpc) is 3.19. The second kappa shape index (κ2) is 7.51. The monoisotopic (exact) mass is 380 g/mol. The molecule has 0 aliphatic carbocycles. The third kappa shape index (κ3) is 3.71. The molecule has 0 saturated heterocycles. The highest BCUT2D eigenvalue weighted by Gasteiger charge is 2.15. The van der Waals surface area contributed by atoms with Crippen LogP contribution in [-0.2, 0) is 0 Å². The molecule has 0 aliphatic heterocycles. The van der Waals surface area contributed by atoms with E-state index in [0.29, 0.717) is 5.76 Å². The number of non-ortho nitro benzene ring substituents is 1. The smallest absolute Gasteiger partial charge is 0.307 e. The Labute approximate surface area is 161 Å². The average molecular weight is 380 g/mol. The zero-order chi connectivity index (χ0) is 20.4. The summed E-state index contributed by atoms with van der Waals surface area (Å²) in [6.45, 7) is 7.46. The lowest BCUT2D eigenvalue weighted by Crippen LogP contribution is -2.16. The third-order valence-electron chi connectivity index (χ3n) is 4.45. The van der Waals surface area contributed by atoms with Crippen LogP contribution in [0.3, 0.4) is 0 Å². The molecule has 0 fully saturated rings. The molecule has 28 heavy (non-hydrogen) atoms. The van der Waals surface area contributed by atoms with E-state index in [1.807, 2.05) is 31.4 Å². The van der Waals surface area contributed by atoms with E-state index in [1.54, 1.807) is 37.4 Å². The fraction of sp³-hybridized carbons (Fsp3) is 0.200. The highest BCUT2D eigenvalue weighted by Crippen LogP contribution is 2.26. The lowest BCUT2D eigenvalue weighted by Gasteiger charge is -2.12. The number of carbonyl (C=O) groups excluding carboxylic acids is 1. The fourth-order valence-electron chi connectivity index (χ4n) is 3.01. The van der Waals surface area contributed by atoms with Crippen LogP contribution in [0.2, 0.25) is 0 Å². The molecule has 144 valence electrons. The molecular weight excluding hydrogens is 360 g/mol. The maximum atomic E-state index is 12.0. The van der Waals surface area contributed by atoms with E-state index in [1.165, 1.54) is 6.07 Å². The van der Waals surface area contributed by atoms with E-state index in [-0.39, 0.29) is 11.4 Å². The topological polar surface area (TPSA) is 103 Å². The minimum absolute atomic E-state index is 0.0318. The normalized spacial score (nSPS) is 11.1. The number of rotatable bonds is 5. The van der Waals surface area contributed by atoms with Gasteiger partial charge in [0.25, 0.3) is 5.69 Å². The number of hydrogen-bond donors (Lipinski definition) is 1. The SMILES string of the molecule is Cc1ccc(C(=O)N/N=C\c2cc(C)n(-c3cc([N+](=O)[O-])ccc3C)c2C)o1. The van der Waals surface area contributed by atoms with Gasteiger partial charge in [0.15, 0.2) is 5.76 Å². The molecular formula is C20H20N4O4. The highest BCUT2D eigenvalue weighted by atomic mass is 16.6. The summed E-state index contributed by atoms with van der Waals surface area (Å²) in [6, 6.07) is 9.95. The van der Waals surface area contributed by atoms with E-state index in [9.17, 15) is 14.9 Å². The van der Waals surface area contributed by atoms with Crippen molar-refractivity contribution in [2.24, 2.45) is 5.10 Å². The molecule has 2 aromatic heterocycles. The Morgan fingerprint density at radius 3 is 2.57 bits per heavy atom. The van der Waals surface area contributed by atoms with Crippen molar-refractivity contribution in [3.05, 3.63) is 80.5 Å². The van der Waals surface area contributed by atoms with Gasteiger partial charge in [-0.1, -0.05) is 6.07 Å². The number of aromatic nitrogens is 1. The summed E-state index contributed by atoms with van der Waals surface area (Å²) in [7, 11) is 0. The summed E-state index contributed by atoms with van der Waals surface area (Å²) in [6.07, 6.45) is 1.54. The minimum atomic E-state index is -0.437. The number of amides is 1. The lowest BCUT2D eigenvalue weighted by molar-refractivity contribution is -0.384. The standard InChI is InChI=1S/C20H20N4O4/c1-12-5-7-17(24(26)27)10-18(12)23-13(2)9-16(15(23)4)11-21-22-20(25)19-8-6-14(3)28-19/h5-11H,1-4H3,(H,22,25)/b21-11-. The summed E-state index contributed by atoms with van der Waals surface area (Å²) >= 11 is 0. The fourth-order valence-corrected chi connectivity index (χ4v) is 3.01. The molecule has 0 atom stereocenters. The number of nitrogens with zero attached hydrogens (tertiary/aromatic N) is 3. The van der Waals surface area contributed by atoms with Crippen LogP contribution in [0.4, 0.5) is 5.69 Å². The number of nitrogens with one attached hydrogen (secondary N) is 1. The van der Waals surface area contributed by atoms with Gasteiger partial charge >= 0.3 is 5.91 Å². The van der Waals surface area contributed by atoms with Crippen molar-refractivity contribution in [3.8, 4) is 5.69 Å². The Morgan fingerprint density at radius 2 is 1.93 bits per heavy atom. The van der Waals surface area contributed by atoms with E-state index in [2.05, 4.69) is 10.5 Å². The van der Waals surface area contributed by atoms with Crippen LogP contribution in [0.1, 0.15) is 38.8 Å². The first-order valence-electron chi connectivity index (χ1n) is 8.62. The third-order valence-corrected chi connectivity index (χ3v) is 4.45. The molecule has 8 nitrogen and oxygen atoms in total. The molecule has 0 aliphatic rings. The minimum Gasteiger partial charge on any atom is -0.456 e. The highest BCUT2D eigenvalue weighted by molar-refractivity contribution is 5.92. The van der Waals surface area contributed by atoms with Gasteiger partial charge < -0.3 is 8.98 Å². The quantitative estimate of drug-likeness (QED) is 0.411. The summed E-state index contributed by atoms with van der Waals surface area (Å²) in [5.41, 5.74) is 6.66. The van der Waals surface area contributed by atoms with Gasteiger partial charge in [-0.05, 0) is 51.5 Å². The summed E-state index contributed by atoms with van der Waals surface area (Å²) < 4.78 is 7.18. The summed E-state index contributed by atoms with van der Waals surface area (Å²) in [5, 5.41) is 15.1. The van der Waals surface area contributed by atoms with Crippen LogP contribution < -0.4 is 5.43 Å². The van der Waals surface area contributed by atoms with E-state index in [4.69, 9.17) is 4.42 Å². The molecule has 1 amide bonds. The first kappa shape index (κ1) is 19.1. The van der Waals surface area contributed by atoms with Gasteiger partial charge in [-0.2, -0.15) is 5.10 Å². The van der Waals surface area contributed by atoms with Crippen molar-refractivity contribution in [2.75, 3.05) is 0 Å². The zero-order valence-corrected chi connectivity index (χ0v) is 16.0. The largest absolute Gasteiger partial charge is 0.456 e. The number of benzene rings is 1. The van der Waals surface area contributed by atoms with Gasteiger partial charge in [0.1, 0.15) is 5.76 Å². The van der Waals surface area contributed by atoms with E-state index < -0.39 is 10.8 Å². The molecule has 1 N–H and O–H groups in total. The van der Waals surface area contributed by atoms with Gasteiger partial charge in [-0.25, -0.2) is 5.43 Å². The molecule has 1 aromatic carbocycles. The second-order valence-electron chi connectivity index (χ2n) is 6.50. The zero-order valence-electron chi connectivity index (χ0n) is 16.0. The molecule has 3 rings (SSSR count). The maximum absolute atomic E-state index is 12.0. The van der Waals surface area contributed by atoms with Crippen molar-refractivity contribution >= 4 is 17.8 Å². The maximum Gasteiger partial charge on any atom is 0.307 e. The molecule has 3 aromatic rings. The van der Waals surface area contributed by atoms with Crippen molar-refractivity contribution in [1.82, 2.24) is 9.99 Å². The van der Waals surface area contributed by atoms with Crippen molar-refractivity contribution in [3.63, 3.8) is 0 Å². The Hall–Kier alpha value is -3.68. The van der Waals surface area contributed by atoms with Gasteiger partial charge in [0.05, 0.1) is 16.8 Å². The number of hydrazone groups is 1. The summed E-state index contributed by atoms with van der Waals surface area (Å²) in [5.74, 6) is 0.394. The number of hydrogen-bond acceptors (Lipinski definition) is 5. The lowest BCUT2D eigenvalue weighted by atomic mass is 10.1. The van der Waals surface area contributed by atoms with Crippen molar-refractivity contribution in [2.45, 2.75) is 27.7 Å². The Balaban J connectivity index is 1.87. The molecule has 8 heteroatoms. The molecule has 0 spiro atoms. The van der Waals surface area contributed by atoms with Gasteiger partial charge in [-0.3, -0.25) is 14.9 Å². The number of nitro benzene ring substituents is 1. The van der Waals surface area contributed by atoms with Crippen LogP contribution in [0.25, 0.3) is 5.69 Å². The molecule has 0 saturated carbocycles. The second-order valence-corrected chi connectivity index (χ2v) is 6.50. The molecule has 2 heterocycles. The Kier molecular flexibility index (Phi) is 5.12. The van der Waals surface area contributed by atoms with Crippen LogP contribution in [0, 0.1) is 37.8 Å². The van der Waals surface area contributed by atoms with Gasteiger partial charge in [0.2, 0.25) is 0 Å². The molecule has 0 unspecified atom stereocenters. The van der Waals surface area contributed by atoms with E-state index in [0.717, 1.165) is 28.2 Å². The van der Waals surface area contributed by atoms with E-state index >= 15 is 0 Å². The molecule has 0 bridgehead atoms. The summed E-state index contributed by atoms with van der Waals surface area (Å²) in [4.78, 5) is 22.7. The van der Waals surface area contributed by atoms with Crippen molar-refractivity contribution in [1.29, 1.82) is 0 Å². The predicted octanol–water partition coefficient (Wildman–Crippen LogP) is 3.98. The number of carbonyl (C=O) groups is 1. The predicted molar refractivity (Wildman–Crippen MR) is 105 cm³/mol. The Morgan fingerprint density at radius 1 is 1.18 bits per heavy atom. The number of aryl methyl sites for hydroxylation is 3. The van der Waals surface area contributed by atoms with Crippen LogP contribution >= 0.6 is 0 Å². The molecule has 0 radical (unpaired) electrons. The van der Waals surface area contributed by atoms with Crippen LogP contribution in [0.15, 0.2) is 45.9 Å². The van der Waals surface area contributed by atoms with Crippen LogP contribution in [0.5, 0.6) is 0 Å². The number of nitro groups is 1. The Bertz CT molecular complexity index is 1090. The number of furan rings is 1. The van der Waals surface area contributed by atoms with Gasteiger partial charge in [-0.15, -0.1) is 0 Å². The van der Waals surface area contributed by atoms with Crippen molar-refractivity contribution < 1.29 is 14.1 Å². The van der Waals surface area contributed by atoms with Crippen LogP contribution in [-0.4, -0.2) is 21.6 Å². The first-order chi connectivity index (χ1) is 13.3.